The molecular weight excluding hydrogens is 384 g/mol. The van der Waals surface area contributed by atoms with Crippen molar-refractivity contribution in [2.45, 2.75) is 0 Å². The van der Waals surface area contributed by atoms with Gasteiger partial charge >= 0.3 is 5.97 Å². The topological polar surface area (TPSA) is 79.7 Å². The quantitative estimate of drug-likeness (QED) is 0.630. The number of carbonyl (C=O) groups is 2. The number of carbonyl (C=O) groups excluding carboxylic acids is 1. The van der Waals surface area contributed by atoms with Gasteiger partial charge in [0.2, 0.25) is 0 Å². The molecule has 1 aromatic carbocycles. The Morgan fingerprint density at radius 3 is 2.88 bits per heavy atom. The van der Waals surface area contributed by atoms with Crippen LogP contribution in [0, 0.1) is 0 Å². The molecule has 25 heavy (non-hydrogen) atoms. The van der Waals surface area contributed by atoms with Crippen LogP contribution in [-0.2, 0) is 9.59 Å². The number of fused-ring (bicyclic) bond motifs is 1. The Labute approximate surface area is 157 Å². The van der Waals surface area contributed by atoms with E-state index < -0.39 is 18.4 Å². The number of hydrogen-bond donors (Lipinski definition) is 1. The molecule has 1 amide bonds. The van der Waals surface area contributed by atoms with Crippen LogP contribution in [0.25, 0.3) is 17.0 Å². The standard InChI is InChI=1S/C16H11ClN2O4S2/c1-23-11-5-4-10(17)9-3-2-8(18-14(9)11)6-12-15(22)19(7-13(20)21)16(24)25-12/h2-6H,7H2,1H3,(H,20,21). The number of nitrogens with zero attached hydrogens (tertiary/aromatic N) is 2. The smallest absolute Gasteiger partial charge is 0.323 e. The average Bonchev–Trinajstić information content (AvgIpc) is 2.82. The summed E-state index contributed by atoms with van der Waals surface area (Å²) in [6.45, 7) is -0.462. The molecule has 1 aliphatic rings. The molecule has 1 aromatic heterocycles. The molecule has 0 atom stereocenters. The highest BCUT2D eigenvalue weighted by Gasteiger charge is 2.33. The highest BCUT2D eigenvalue weighted by atomic mass is 35.5. The first-order chi connectivity index (χ1) is 11.9. The fourth-order valence-electron chi connectivity index (χ4n) is 2.32. The van der Waals surface area contributed by atoms with Crippen molar-refractivity contribution < 1.29 is 19.4 Å². The summed E-state index contributed by atoms with van der Waals surface area (Å²) in [5, 5.41) is 10.1. The summed E-state index contributed by atoms with van der Waals surface area (Å²) in [4.78, 5) is 29.0. The minimum Gasteiger partial charge on any atom is -0.494 e. The van der Waals surface area contributed by atoms with Crippen molar-refractivity contribution in [1.82, 2.24) is 9.88 Å². The summed E-state index contributed by atoms with van der Waals surface area (Å²) in [5.41, 5.74) is 1.09. The predicted octanol–water partition coefficient (Wildman–Crippen LogP) is 3.18. The van der Waals surface area contributed by atoms with E-state index in [9.17, 15) is 9.59 Å². The van der Waals surface area contributed by atoms with Crippen molar-refractivity contribution in [3.05, 3.63) is 39.9 Å². The van der Waals surface area contributed by atoms with Gasteiger partial charge in [-0.2, -0.15) is 0 Å². The second-order valence-electron chi connectivity index (χ2n) is 5.04. The van der Waals surface area contributed by atoms with Gasteiger partial charge in [0.25, 0.3) is 5.91 Å². The van der Waals surface area contributed by atoms with Crippen LogP contribution in [0.4, 0.5) is 0 Å². The molecule has 128 valence electrons. The first kappa shape index (κ1) is 17.7. The molecule has 0 bridgehead atoms. The van der Waals surface area contributed by atoms with Crippen molar-refractivity contribution >= 4 is 68.8 Å². The molecule has 1 N–H and O–H groups in total. The summed E-state index contributed by atoms with van der Waals surface area (Å²) < 4.78 is 5.51. The van der Waals surface area contributed by atoms with Gasteiger partial charge < -0.3 is 9.84 Å². The number of hydrogen-bond acceptors (Lipinski definition) is 6. The number of pyridine rings is 1. The number of aromatic nitrogens is 1. The third-order valence-electron chi connectivity index (χ3n) is 3.45. The van der Waals surface area contributed by atoms with Crippen molar-refractivity contribution in [2.24, 2.45) is 0 Å². The van der Waals surface area contributed by atoms with E-state index in [1.807, 2.05) is 0 Å². The Balaban J connectivity index is 2.00. The Morgan fingerprint density at radius 1 is 1.44 bits per heavy atom. The second-order valence-corrected chi connectivity index (χ2v) is 7.13. The fourth-order valence-corrected chi connectivity index (χ4v) is 3.78. The molecule has 0 unspecified atom stereocenters. The van der Waals surface area contributed by atoms with Crippen molar-refractivity contribution in [2.75, 3.05) is 13.7 Å². The maximum atomic E-state index is 12.3. The van der Waals surface area contributed by atoms with Gasteiger partial charge in [-0.15, -0.1) is 0 Å². The van der Waals surface area contributed by atoms with Crippen molar-refractivity contribution in [3.63, 3.8) is 0 Å². The predicted molar refractivity (Wildman–Crippen MR) is 101 cm³/mol. The Hall–Kier alpha value is -2.16. The maximum Gasteiger partial charge on any atom is 0.323 e. The molecule has 9 heteroatoms. The van der Waals surface area contributed by atoms with Gasteiger partial charge in [0.15, 0.2) is 0 Å². The van der Waals surface area contributed by atoms with E-state index in [1.54, 1.807) is 30.3 Å². The van der Waals surface area contributed by atoms with E-state index in [-0.39, 0.29) is 4.32 Å². The summed E-state index contributed by atoms with van der Waals surface area (Å²) in [5.74, 6) is -1.01. The molecular formula is C16H11ClN2O4S2. The highest BCUT2D eigenvalue weighted by molar-refractivity contribution is 8.26. The van der Waals surface area contributed by atoms with Crippen LogP contribution in [-0.4, -0.2) is 44.8 Å². The minimum atomic E-state index is -1.12. The molecule has 3 rings (SSSR count). The molecule has 0 saturated carbocycles. The number of benzene rings is 1. The molecule has 6 nitrogen and oxygen atoms in total. The summed E-state index contributed by atoms with van der Waals surface area (Å²) >= 11 is 12.3. The lowest BCUT2D eigenvalue weighted by Gasteiger charge is -2.10. The first-order valence-electron chi connectivity index (χ1n) is 7.01. The molecule has 2 aromatic rings. The zero-order valence-electron chi connectivity index (χ0n) is 12.9. The third-order valence-corrected chi connectivity index (χ3v) is 5.16. The number of thioether (sulfide) groups is 1. The van der Waals surface area contributed by atoms with E-state index in [4.69, 9.17) is 33.7 Å². The first-order valence-corrected chi connectivity index (χ1v) is 8.61. The fraction of sp³-hybridized carbons (Fsp3) is 0.125. The zero-order chi connectivity index (χ0) is 18.1. The summed E-state index contributed by atoms with van der Waals surface area (Å²) in [6.07, 6.45) is 1.57. The van der Waals surface area contributed by atoms with Crippen molar-refractivity contribution in [3.8, 4) is 5.75 Å². The van der Waals surface area contributed by atoms with Gasteiger partial charge in [-0.05, 0) is 30.3 Å². The largest absolute Gasteiger partial charge is 0.494 e. The number of thiocarbonyl (C=S) groups is 1. The SMILES string of the molecule is COc1ccc(Cl)c2ccc(C=C3SC(=S)N(CC(=O)O)C3=O)nc12. The number of ether oxygens (including phenoxy) is 1. The molecule has 1 aliphatic heterocycles. The summed E-state index contributed by atoms with van der Waals surface area (Å²) in [7, 11) is 1.54. The van der Waals surface area contributed by atoms with Crippen LogP contribution in [0.15, 0.2) is 29.2 Å². The number of methoxy groups -OCH3 is 1. The van der Waals surface area contributed by atoms with Crippen molar-refractivity contribution in [1.29, 1.82) is 0 Å². The number of rotatable bonds is 4. The second kappa shape index (κ2) is 6.99. The molecule has 1 saturated heterocycles. The Kier molecular flexibility index (Phi) is 4.94. The van der Waals surface area contributed by atoms with Gasteiger partial charge in [0, 0.05) is 5.39 Å². The molecule has 0 aliphatic carbocycles. The Morgan fingerprint density at radius 2 is 2.20 bits per heavy atom. The maximum absolute atomic E-state index is 12.3. The Bertz CT molecular complexity index is 945. The third kappa shape index (κ3) is 3.46. The average molecular weight is 395 g/mol. The van der Waals surface area contributed by atoms with E-state index in [0.717, 1.165) is 22.0 Å². The molecule has 2 heterocycles. The van der Waals surface area contributed by atoms with Crippen LogP contribution >= 0.6 is 35.6 Å². The lowest BCUT2D eigenvalue weighted by atomic mass is 10.2. The molecule has 0 radical (unpaired) electrons. The van der Waals surface area contributed by atoms with Gasteiger partial charge in [-0.3, -0.25) is 14.5 Å². The lowest BCUT2D eigenvalue weighted by Crippen LogP contribution is -2.33. The molecule has 1 fully saturated rings. The highest BCUT2D eigenvalue weighted by Crippen LogP contribution is 2.34. The number of amides is 1. The number of carboxylic acids is 1. The van der Waals surface area contributed by atoms with Crippen LogP contribution in [0.1, 0.15) is 5.69 Å². The summed E-state index contributed by atoms with van der Waals surface area (Å²) in [6, 6.07) is 6.95. The van der Waals surface area contributed by atoms with Crippen LogP contribution in [0.2, 0.25) is 5.02 Å². The van der Waals surface area contributed by atoms with Crippen LogP contribution < -0.4 is 4.74 Å². The monoisotopic (exact) mass is 394 g/mol. The van der Waals surface area contributed by atoms with E-state index >= 15 is 0 Å². The number of aliphatic carboxylic acids is 1. The minimum absolute atomic E-state index is 0.208. The van der Waals surface area contributed by atoms with E-state index in [2.05, 4.69) is 4.98 Å². The number of halogens is 1. The molecule has 0 spiro atoms. The van der Waals surface area contributed by atoms with Gasteiger partial charge in [0.05, 0.1) is 22.7 Å². The van der Waals surface area contributed by atoms with Gasteiger partial charge in [-0.25, -0.2) is 4.98 Å². The number of carboxylic acid groups (broad SMARTS) is 1. The zero-order valence-corrected chi connectivity index (χ0v) is 15.2. The van der Waals surface area contributed by atoms with E-state index in [0.29, 0.717) is 26.9 Å². The van der Waals surface area contributed by atoms with E-state index in [1.165, 1.54) is 7.11 Å². The van der Waals surface area contributed by atoms with Gasteiger partial charge in [-0.1, -0.05) is 35.6 Å². The van der Waals surface area contributed by atoms with Gasteiger partial charge in [0.1, 0.15) is 22.1 Å². The van der Waals surface area contributed by atoms with Crippen LogP contribution in [0.5, 0.6) is 5.75 Å². The lowest BCUT2D eigenvalue weighted by molar-refractivity contribution is -0.140. The van der Waals surface area contributed by atoms with Crippen LogP contribution in [0.3, 0.4) is 0 Å². The normalized spacial score (nSPS) is 16.1.